The van der Waals surface area contributed by atoms with Gasteiger partial charge in [-0.1, -0.05) is 54.9 Å². The molecule has 4 nitrogen and oxygen atoms in total. The van der Waals surface area contributed by atoms with Gasteiger partial charge in [-0.05, 0) is 73.3 Å². The Bertz CT molecular complexity index is 857. The van der Waals surface area contributed by atoms with E-state index in [0.717, 1.165) is 40.8 Å². The van der Waals surface area contributed by atoms with Crippen molar-refractivity contribution in [3.05, 3.63) is 52.5 Å². The number of halogens is 1. The molecule has 0 aromatic heterocycles. The van der Waals surface area contributed by atoms with Crippen molar-refractivity contribution >= 4 is 30.2 Å². The van der Waals surface area contributed by atoms with Crippen LogP contribution in [0.25, 0.3) is 11.1 Å². The molecule has 0 saturated carbocycles. The zero-order chi connectivity index (χ0) is 23.1. The van der Waals surface area contributed by atoms with Crippen molar-refractivity contribution in [3.8, 4) is 16.9 Å². The van der Waals surface area contributed by atoms with Crippen LogP contribution in [0, 0.1) is 0 Å². The molecule has 0 N–H and O–H groups in total. The Labute approximate surface area is 196 Å². The second-order valence-corrected chi connectivity index (χ2v) is 14.8. The molecule has 170 valence electrons. The number of hydrogen-bond donors (Lipinski definition) is 0. The van der Waals surface area contributed by atoms with E-state index < -0.39 is 8.32 Å². The number of unbranched alkanes of at least 4 members (excludes halogenated alkanes) is 1. The SMILES string of the molecule is CCOC(=O)c1ccc(-c2ccc(OCCCCO[Si](C)(C)C(C)(C)C)cc2)c(Br)c1. The molecule has 0 aliphatic carbocycles. The summed E-state index contributed by atoms with van der Waals surface area (Å²) in [5, 5.41) is 0.249. The van der Waals surface area contributed by atoms with Crippen LogP contribution in [0.4, 0.5) is 0 Å². The topological polar surface area (TPSA) is 44.8 Å². The normalized spacial score (nSPS) is 12.0. The van der Waals surface area contributed by atoms with E-state index in [9.17, 15) is 4.79 Å². The number of hydrogen-bond acceptors (Lipinski definition) is 4. The molecule has 31 heavy (non-hydrogen) atoms. The van der Waals surface area contributed by atoms with Gasteiger partial charge in [0.25, 0.3) is 0 Å². The van der Waals surface area contributed by atoms with Gasteiger partial charge < -0.3 is 13.9 Å². The second-order valence-electron chi connectivity index (χ2n) is 9.10. The van der Waals surface area contributed by atoms with E-state index >= 15 is 0 Å². The molecule has 0 spiro atoms. The lowest BCUT2D eigenvalue weighted by molar-refractivity contribution is 0.0526. The van der Waals surface area contributed by atoms with Crippen molar-refractivity contribution in [1.82, 2.24) is 0 Å². The third-order valence-corrected chi connectivity index (χ3v) is 10.9. The standard InChI is InChI=1S/C25H35BrO4Si/c1-7-28-24(27)20-12-15-22(23(26)18-20)19-10-13-21(14-11-19)29-16-8-9-17-30-31(5,6)25(2,3)4/h10-15,18H,7-9,16-17H2,1-6H3. The van der Waals surface area contributed by atoms with E-state index in [0.29, 0.717) is 18.8 Å². The van der Waals surface area contributed by atoms with E-state index in [1.807, 2.05) is 30.3 Å². The molecule has 6 heteroatoms. The van der Waals surface area contributed by atoms with Crippen LogP contribution >= 0.6 is 15.9 Å². The molecule has 0 aliphatic rings. The van der Waals surface area contributed by atoms with Crippen molar-refractivity contribution in [2.75, 3.05) is 19.8 Å². The summed E-state index contributed by atoms with van der Waals surface area (Å²) in [6.45, 7) is 15.0. The summed E-state index contributed by atoms with van der Waals surface area (Å²) < 4.78 is 18.0. The highest BCUT2D eigenvalue weighted by Gasteiger charge is 2.36. The lowest BCUT2D eigenvalue weighted by atomic mass is 10.0. The van der Waals surface area contributed by atoms with Gasteiger partial charge in [-0.25, -0.2) is 4.79 Å². The van der Waals surface area contributed by atoms with Gasteiger partial charge >= 0.3 is 5.97 Å². The summed E-state index contributed by atoms with van der Waals surface area (Å²) in [6.07, 6.45) is 1.97. The summed E-state index contributed by atoms with van der Waals surface area (Å²) in [5.41, 5.74) is 2.61. The Balaban J connectivity index is 1.83. The minimum absolute atomic E-state index is 0.249. The summed E-state index contributed by atoms with van der Waals surface area (Å²) in [7, 11) is -1.66. The summed E-state index contributed by atoms with van der Waals surface area (Å²) in [5.74, 6) is 0.543. The Morgan fingerprint density at radius 1 is 1.00 bits per heavy atom. The van der Waals surface area contributed by atoms with Gasteiger partial charge in [0.15, 0.2) is 8.32 Å². The van der Waals surface area contributed by atoms with Crippen molar-refractivity contribution < 1.29 is 18.7 Å². The van der Waals surface area contributed by atoms with Gasteiger partial charge in [0.1, 0.15) is 5.75 Å². The maximum atomic E-state index is 11.9. The molecule has 2 aromatic rings. The molecule has 0 unspecified atom stereocenters. The van der Waals surface area contributed by atoms with E-state index in [1.54, 1.807) is 19.1 Å². The van der Waals surface area contributed by atoms with Gasteiger partial charge in [0.2, 0.25) is 0 Å². The van der Waals surface area contributed by atoms with Gasteiger partial charge in [0, 0.05) is 11.1 Å². The largest absolute Gasteiger partial charge is 0.494 e. The number of rotatable bonds is 10. The van der Waals surface area contributed by atoms with Crippen molar-refractivity contribution in [1.29, 1.82) is 0 Å². The monoisotopic (exact) mass is 506 g/mol. The van der Waals surface area contributed by atoms with Crippen molar-refractivity contribution in [3.63, 3.8) is 0 Å². The molecule has 0 saturated heterocycles. The Morgan fingerprint density at radius 2 is 1.65 bits per heavy atom. The van der Waals surface area contributed by atoms with Crippen LogP contribution < -0.4 is 4.74 Å². The van der Waals surface area contributed by atoms with Crippen molar-refractivity contribution in [2.24, 2.45) is 0 Å². The minimum Gasteiger partial charge on any atom is -0.494 e. The van der Waals surface area contributed by atoms with Crippen LogP contribution in [-0.4, -0.2) is 34.1 Å². The van der Waals surface area contributed by atoms with Gasteiger partial charge in [-0.15, -0.1) is 0 Å². The van der Waals surface area contributed by atoms with Crippen LogP contribution in [0.15, 0.2) is 46.9 Å². The third-order valence-electron chi connectivity index (χ3n) is 5.72. The van der Waals surface area contributed by atoms with Crippen LogP contribution in [0.2, 0.25) is 18.1 Å². The van der Waals surface area contributed by atoms with Gasteiger partial charge in [-0.3, -0.25) is 0 Å². The molecule has 0 aliphatic heterocycles. The first kappa shape index (κ1) is 25.6. The first-order valence-corrected chi connectivity index (χ1v) is 14.6. The molecule has 2 aromatic carbocycles. The molecular formula is C25H35BrO4Si. The highest BCUT2D eigenvalue weighted by Crippen LogP contribution is 2.36. The Kier molecular flexibility index (Phi) is 9.34. The quantitative estimate of drug-likeness (QED) is 0.190. The number of carbonyl (C=O) groups excluding carboxylic acids is 1. The lowest BCUT2D eigenvalue weighted by Gasteiger charge is -2.36. The Morgan fingerprint density at radius 3 is 2.23 bits per heavy atom. The first-order valence-electron chi connectivity index (χ1n) is 10.9. The highest BCUT2D eigenvalue weighted by atomic mass is 79.9. The zero-order valence-corrected chi connectivity index (χ0v) is 22.2. The fraction of sp³-hybridized carbons (Fsp3) is 0.480. The number of carbonyl (C=O) groups is 1. The van der Waals surface area contributed by atoms with E-state index in [2.05, 4.69) is 49.8 Å². The molecule has 0 atom stereocenters. The first-order chi connectivity index (χ1) is 14.5. The van der Waals surface area contributed by atoms with Crippen LogP contribution in [0.1, 0.15) is 50.9 Å². The van der Waals surface area contributed by atoms with Gasteiger partial charge in [-0.2, -0.15) is 0 Å². The summed E-state index contributed by atoms with van der Waals surface area (Å²) >= 11 is 3.57. The molecular weight excluding hydrogens is 472 g/mol. The second kappa shape index (κ2) is 11.3. The average molecular weight is 508 g/mol. The average Bonchev–Trinajstić information content (AvgIpc) is 2.70. The lowest BCUT2D eigenvalue weighted by Crippen LogP contribution is -2.41. The predicted molar refractivity (Wildman–Crippen MR) is 133 cm³/mol. The number of benzene rings is 2. The molecule has 0 amide bonds. The molecule has 0 fully saturated rings. The maximum absolute atomic E-state index is 11.9. The van der Waals surface area contributed by atoms with Gasteiger partial charge in [0.05, 0.1) is 18.8 Å². The summed E-state index contributed by atoms with van der Waals surface area (Å²) in [4.78, 5) is 11.9. The predicted octanol–water partition coefficient (Wildman–Crippen LogP) is 7.47. The van der Waals surface area contributed by atoms with E-state index in [-0.39, 0.29) is 11.0 Å². The molecule has 0 bridgehead atoms. The van der Waals surface area contributed by atoms with Crippen LogP contribution in [-0.2, 0) is 9.16 Å². The van der Waals surface area contributed by atoms with Crippen LogP contribution in [0.5, 0.6) is 5.75 Å². The number of ether oxygens (including phenoxy) is 2. The Hall–Kier alpha value is -1.63. The zero-order valence-electron chi connectivity index (χ0n) is 19.6. The smallest absolute Gasteiger partial charge is 0.338 e. The molecule has 0 heterocycles. The number of esters is 1. The van der Waals surface area contributed by atoms with E-state index in [1.165, 1.54) is 0 Å². The van der Waals surface area contributed by atoms with E-state index in [4.69, 9.17) is 13.9 Å². The molecule has 0 radical (unpaired) electrons. The fourth-order valence-electron chi connectivity index (χ4n) is 2.76. The minimum atomic E-state index is -1.66. The fourth-order valence-corrected chi connectivity index (χ4v) is 4.45. The summed E-state index contributed by atoms with van der Waals surface area (Å²) in [6, 6.07) is 13.5. The van der Waals surface area contributed by atoms with Crippen molar-refractivity contribution in [2.45, 2.75) is 58.7 Å². The maximum Gasteiger partial charge on any atom is 0.338 e. The van der Waals surface area contributed by atoms with Crippen LogP contribution in [0.3, 0.4) is 0 Å². The third kappa shape index (κ3) is 7.47. The molecule has 2 rings (SSSR count). The highest BCUT2D eigenvalue weighted by molar-refractivity contribution is 9.10.